The SMILES string of the molecule is CC(C(=O)O)(c1ccccc1)c1ccccc1.[KH]. The normalized spacial score (nSPS) is 10.5. The Morgan fingerprint density at radius 1 is 0.889 bits per heavy atom. The predicted molar refractivity (Wildman–Crippen MR) is 74.1 cm³/mol. The van der Waals surface area contributed by atoms with Crippen LogP contribution in [0.15, 0.2) is 60.7 Å². The van der Waals surface area contributed by atoms with Gasteiger partial charge in [0, 0.05) is 0 Å². The fourth-order valence-corrected chi connectivity index (χ4v) is 1.96. The van der Waals surface area contributed by atoms with Gasteiger partial charge in [-0.25, -0.2) is 0 Å². The molecule has 88 valence electrons. The summed E-state index contributed by atoms with van der Waals surface area (Å²) in [5.41, 5.74) is 0.583. The molecule has 0 atom stereocenters. The summed E-state index contributed by atoms with van der Waals surface area (Å²) in [6.45, 7) is 1.74. The Bertz CT molecular complexity index is 469. The second kappa shape index (κ2) is 6.64. The fraction of sp³-hybridized carbons (Fsp3) is 0.133. The van der Waals surface area contributed by atoms with Crippen molar-refractivity contribution in [2.75, 3.05) is 0 Å². The molecule has 1 N–H and O–H groups in total. The summed E-state index contributed by atoms with van der Waals surface area (Å²) in [5, 5.41) is 9.54. The van der Waals surface area contributed by atoms with E-state index in [0.717, 1.165) is 11.1 Å². The molecule has 2 nitrogen and oxygen atoms in total. The maximum absolute atomic E-state index is 11.6. The molecule has 0 aliphatic heterocycles. The molecule has 0 aliphatic rings. The van der Waals surface area contributed by atoms with Gasteiger partial charge in [-0.1, -0.05) is 60.7 Å². The van der Waals surface area contributed by atoms with Crippen LogP contribution < -0.4 is 0 Å². The summed E-state index contributed by atoms with van der Waals surface area (Å²) in [6.07, 6.45) is 0. The second-order valence-electron chi connectivity index (χ2n) is 4.16. The van der Waals surface area contributed by atoms with Gasteiger partial charge in [0.25, 0.3) is 0 Å². The molecule has 0 amide bonds. The van der Waals surface area contributed by atoms with Gasteiger partial charge in [0.05, 0.1) is 0 Å². The van der Waals surface area contributed by atoms with Crippen LogP contribution in [0.1, 0.15) is 18.1 Å². The zero-order chi connectivity index (χ0) is 12.3. The molecule has 0 spiro atoms. The first-order valence-corrected chi connectivity index (χ1v) is 5.50. The molecule has 2 aromatic carbocycles. The quantitative estimate of drug-likeness (QED) is 0.866. The molecule has 0 saturated heterocycles. The molecule has 2 rings (SSSR count). The topological polar surface area (TPSA) is 37.3 Å². The van der Waals surface area contributed by atoms with E-state index in [4.69, 9.17) is 0 Å². The number of carbonyl (C=O) groups is 1. The third kappa shape index (κ3) is 2.92. The third-order valence-corrected chi connectivity index (χ3v) is 3.13. The van der Waals surface area contributed by atoms with E-state index in [1.807, 2.05) is 60.7 Å². The van der Waals surface area contributed by atoms with E-state index in [2.05, 4.69) is 0 Å². The standard InChI is InChI=1S/C15H14O2.K.H/c1-15(14(16)17,12-8-4-2-5-9-12)13-10-6-3-7-11-13;;/h2-11H,1H3,(H,16,17);;. The van der Waals surface area contributed by atoms with Gasteiger partial charge in [-0.05, 0) is 18.1 Å². The van der Waals surface area contributed by atoms with Crippen LogP contribution in [0.4, 0.5) is 0 Å². The van der Waals surface area contributed by atoms with Gasteiger partial charge < -0.3 is 5.11 Å². The van der Waals surface area contributed by atoms with E-state index in [0.29, 0.717) is 0 Å². The van der Waals surface area contributed by atoms with Crippen LogP contribution in [0, 0.1) is 0 Å². The number of hydrogen-bond donors (Lipinski definition) is 1. The van der Waals surface area contributed by atoms with Crippen LogP contribution in [-0.2, 0) is 10.2 Å². The average Bonchev–Trinajstić information content (AvgIpc) is 2.39. The molecular formula is C15H15KO2. The van der Waals surface area contributed by atoms with Gasteiger partial charge in [0.1, 0.15) is 5.41 Å². The summed E-state index contributed by atoms with van der Waals surface area (Å²) in [6, 6.07) is 18.6. The van der Waals surface area contributed by atoms with Gasteiger partial charge in [0.15, 0.2) is 0 Å². The summed E-state index contributed by atoms with van der Waals surface area (Å²) >= 11 is 0. The summed E-state index contributed by atoms with van der Waals surface area (Å²) < 4.78 is 0. The van der Waals surface area contributed by atoms with Crippen LogP contribution in [0.3, 0.4) is 0 Å². The number of benzene rings is 2. The molecule has 3 heteroatoms. The van der Waals surface area contributed by atoms with E-state index < -0.39 is 11.4 Å². The first-order valence-electron chi connectivity index (χ1n) is 5.50. The van der Waals surface area contributed by atoms with E-state index in [-0.39, 0.29) is 51.4 Å². The molecule has 0 unspecified atom stereocenters. The minimum absolute atomic E-state index is 0. The molecule has 0 radical (unpaired) electrons. The van der Waals surface area contributed by atoms with Gasteiger partial charge in [-0.3, -0.25) is 4.79 Å². The van der Waals surface area contributed by atoms with Gasteiger partial charge in [-0.15, -0.1) is 0 Å². The van der Waals surface area contributed by atoms with Gasteiger partial charge in [0.2, 0.25) is 0 Å². The number of carboxylic acid groups (broad SMARTS) is 1. The molecule has 0 saturated carbocycles. The maximum atomic E-state index is 11.6. The first kappa shape index (κ1) is 15.6. The van der Waals surface area contributed by atoms with Crippen molar-refractivity contribution in [1.29, 1.82) is 0 Å². The molecule has 0 bridgehead atoms. The predicted octanol–water partition coefficient (Wildman–Crippen LogP) is 2.43. The Balaban J connectivity index is 0.00000162. The Morgan fingerprint density at radius 2 is 1.22 bits per heavy atom. The van der Waals surface area contributed by atoms with Crippen molar-refractivity contribution in [2.24, 2.45) is 0 Å². The summed E-state index contributed by atoms with van der Waals surface area (Å²) in [5.74, 6) is -0.838. The van der Waals surface area contributed by atoms with Crippen molar-refractivity contribution in [1.82, 2.24) is 0 Å². The Morgan fingerprint density at radius 3 is 1.50 bits per heavy atom. The monoisotopic (exact) mass is 266 g/mol. The van der Waals surface area contributed by atoms with Crippen molar-refractivity contribution in [2.45, 2.75) is 12.3 Å². The van der Waals surface area contributed by atoms with Crippen molar-refractivity contribution < 1.29 is 9.90 Å². The van der Waals surface area contributed by atoms with Crippen LogP contribution in [-0.4, -0.2) is 62.5 Å². The Labute approximate surface area is 149 Å². The van der Waals surface area contributed by atoms with Crippen LogP contribution in [0.25, 0.3) is 0 Å². The van der Waals surface area contributed by atoms with Crippen molar-refractivity contribution in [3.63, 3.8) is 0 Å². The van der Waals surface area contributed by atoms with E-state index in [9.17, 15) is 9.90 Å². The first-order chi connectivity index (χ1) is 8.15. The van der Waals surface area contributed by atoms with Crippen LogP contribution >= 0.6 is 0 Å². The number of hydrogen-bond acceptors (Lipinski definition) is 1. The average molecular weight is 266 g/mol. The van der Waals surface area contributed by atoms with Crippen LogP contribution in [0.2, 0.25) is 0 Å². The molecular weight excluding hydrogens is 251 g/mol. The van der Waals surface area contributed by atoms with Crippen LogP contribution in [0.5, 0.6) is 0 Å². The summed E-state index contributed by atoms with van der Waals surface area (Å²) in [4.78, 5) is 11.6. The molecule has 0 fully saturated rings. The Hall–Kier alpha value is -0.454. The number of rotatable bonds is 3. The van der Waals surface area contributed by atoms with E-state index >= 15 is 0 Å². The zero-order valence-corrected chi connectivity index (χ0v) is 9.63. The second-order valence-corrected chi connectivity index (χ2v) is 4.16. The van der Waals surface area contributed by atoms with Gasteiger partial charge in [-0.2, -0.15) is 0 Å². The Kier molecular flexibility index (Phi) is 5.75. The summed E-state index contributed by atoms with van der Waals surface area (Å²) in [7, 11) is 0. The van der Waals surface area contributed by atoms with E-state index in [1.54, 1.807) is 6.92 Å². The van der Waals surface area contributed by atoms with Crippen molar-refractivity contribution in [3.8, 4) is 0 Å². The molecule has 2 aromatic rings. The molecule has 0 aliphatic carbocycles. The van der Waals surface area contributed by atoms with Crippen molar-refractivity contribution in [3.05, 3.63) is 71.8 Å². The minimum atomic E-state index is -0.998. The zero-order valence-electron chi connectivity index (χ0n) is 9.63. The number of carboxylic acids is 1. The fourth-order valence-electron chi connectivity index (χ4n) is 1.96. The number of aliphatic carboxylic acids is 1. The van der Waals surface area contributed by atoms with Gasteiger partial charge >= 0.3 is 57.4 Å². The third-order valence-electron chi connectivity index (χ3n) is 3.13. The van der Waals surface area contributed by atoms with E-state index in [1.165, 1.54) is 0 Å². The molecule has 0 heterocycles. The van der Waals surface area contributed by atoms with Crippen molar-refractivity contribution >= 4 is 57.4 Å². The molecule has 0 aromatic heterocycles. The molecule has 18 heavy (non-hydrogen) atoms.